The molecule has 3 N–H and O–H groups in total. The van der Waals surface area contributed by atoms with Crippen molar-refractivity contribution < 1.29 is 107 Å². The summed E-state index contributed by atoms with van der Waals surface area (Å²) in [5, 5.41) is 37.1. The van der Waals surface area contributed by atoms with Gasteiger partial charge in [-0.1, -0.05) is 0 Å². The Bertz CT molecular complexity index is 611. The van der Waals surface area contributed by atoms with Gasteiger partial charge in [0.25, 0.3) is 10.1 Å². The third kappa shape index (κ3) is 12.9. The van der Waals surface area contributed by atoms with Crippen LogP contribution in [0.25, 0.3) is 0 Å². The molecular formula is C12H14Na2O10S. The molecule has 0 saturated heterocycles. The summed E-state index contributed by atoms with van der Waals surface area (Å²) < 4.78 is 34.7. The zero-order valence-corrected chi connectivity index (χ0v) is 18.5. The van der Waals surface area contributed by atoms with E-state index in [0.717, 1.165) is 0 Å². The summed E-state index contributed by atoms with van der Waals surface area (Å²) in [6, 6.07) is 1.83. The second-order valence-corrected chi connectivity index (χ2v) is 5.28. The van der Waals surface area contributed by atoms with Crippen molar-refractivity contribution in [3.8, 4) is 0 Å². The molecule has 0 fully saturated rings. The fourth-order valence-corrected chi connectivity index (χ4v) is 1.77. The largest absolute Gasteiger partial charge is 1.00 e. The number of ether oxygens (including phenoxy) is 1. The average Bonchev–Trinajstić information content (AvgIpc) is 2.47. The number of hydrogen-bond donors (Lipinski definition) is 3. The van der Waals surface area contributed by atoms with Crippen LogP contribution < -0.4 is 69.3 Å². The van der Waals surface area contributed by atoms with Crippen LogP contribution in [0.4, 0.5) is 0 Å². The maximum Gasteiger partial charge on any atom is 1.00 e. The molecule has 1 aromatic carbocycles. The molecule has 0 aliphatic rings. The van der Waals surface area contributed by atoms with Crippen LogP contribution in [0.2, 0.25) is 0 Å². The smallest absolute Gasteiger partial charge is 0.545 e. The normalized spacial score (nSPS) is 9.72. The van der Waals surface area contributed by atoms with Crippen LogP contribution in [-0.2, 0) is 14.9 Å². The number of carboxylic acids is 2. The van der Waals surface area contributed by atoms with Gasteiger partial charge in [-0.2, -0.15) is 8.42 Å². The van der Waals surface area contributed by atoms with Gasteiger partial charge in [0.2, 0.25) is 0 Å². The minimum absolute atomic E-state index is 0. The summed E-state index contributed by atoms with van der Waals surface area (Å²) in [4.78, 5) is 20.1. The van der Waals surface area contributed by atoms with Crippen LogP contribution >= 0.6 is 0 Å². The van der Waals surface area contributed by atoms with Crippen molar-refractivity contribution in [2.75, 3.05) is 26.4 Å². The maximum atomic E-state index is 10.7. The predicted octanol–water partition coefficient (Wildman–Crippen LogP) is -9.34. The van der Waals surface area contributed by atoms with Gasteiger partial charge in [0, 0.05) is 0 Å². The first-order valence-electron chi connectivity index (χ1n) is 5.98. The second-order valence-electron chi connectivity index (χ2n) is 3.86. The van der Waals surface area contributed by atoms with Crippen molar-refractivity contribution in [3.05, 3.63) is 29.3 Å². The van der Waals surface area contributed by atoms with E-state index in [9.17, 15) is 28.2 Å². The van der Waals surface area contributed by atoms with E-state index >= 15 is 0 Å². The Kier molecular flexibility index (Phi) is 17.9. The quantitative estimate of drug-likeness (QED) is 0.227. The fraction of sp³-hybridized carbons (Fsp3) is 0.333. The van der Waals surface area contributed by atoms with Gasteiger partial charge < -0.3 is 34.8 Å². The van der Waals surface area contributed by atoms with E-state index < -0.39 is 38.1 Å². The van der Waals surface area contributed by atoms with Gasteiger partial charge in [0.1, 0.15) is 0 Å². The molecule has 25 heavy (non-hydrogen) atoms. The molecule has 0 amide bonds. The number of carboxylic acid groups (broad SMARTS) is 2. The van der Waals surface area contributed by atoms with Gasteiger partial charge in [0.15, 0.2) is 0 Å². The van der Waals surface area contributed by atoms with E-state index in [1.807, 2.05) is 0 Å². The van der Waals surface area contributed by atoms with E-state index in [-0.39, 0.29) is 72.3 Å². The van der Waals surface area contributed by atoms with Gasteiger partial charge in [-0.25, -0.2) is 0 Å². The van der Waals surface area contributed by atoms with E-state index in [2.05, 4.69) is 4.74 Å². The van der Waals surface area contributed by atoms with E-state index in [4.69, 9.17) is 14.8 Å². The van der Waals surface area contributed by atoms with Crippen molar-refractivity contribution in [2.24, 2.45) is 0 Å². The molecule has 0 atom stereocenters. The topological polar surface area (TPSA) is 184 Å². The molecule has 0 saturated carbocycles. The van der Waals surface area contributed by atoms with E-state index in [0.29, 0.717) is 31.4 Å². The van der Waals surface area contributed by atoms with Gasteiger partial charge >= 0.3 is 59.1 Å². The van der Waals surface area contributed by atoms with Crippen LogP contribution in [-0.4, -0.2) is 61.5 Å². The van der Waals surface area contributed by atoms with Gasteiger partial charge in [-0.3, -0.25) is 4.55 Å². The van der Waals surface area contributed by atoms with Crippen LogP contribution in [0.3, 0.4) is 0 Å². The van der Waals surface area contributed by atoms with Crippen LogP contribution in [0.15, 0.2) is 23.1 Å². The number of carbonyl (C=O) groups is 2. The van der Waals surface area contributed by atoms with Crippen molar-refractivity contribution in [3.63, 3.8) is 0 Å². The molecular weight excluding hydrogens is 382 g/mol. The molecule has 0 heterocycles. The second kappa shape index (κ2) is 15.1. The number of aliphatic hydroxyl groups is 2. The summed E-state index contributed by atoms with van der Waals surface area (Å²) in [5.74, 6) is -3.54. The zero-order valence-electron chi connectivity index (χ0n) is 13.7. The van der Waals surface area contributed by atoms with E-state index in [1.165, 1.54) is 0 Å². The first kappa shape index (κ1) is 29.7. The Labute approximate surface area is 188 Å². The van der Waals surface area contributed by atoms with Crippen LogP contribution in [0, 0.1) is 0 Å². The molecule has 10 nitrogen and oxygen atoms in total. The number of aliphatic hydroxyl groups excluding tert-OH is 2. The molecule has 130 valence electrons. The van der Waals surface area contributed by atoms with Crippen molar-refractivity contribution in [1.82, 2.24) is 0 Å². The molecule has 0 unspecified atom stereocenters. The van der Waals surface area contributed by atoms with Crippen LogP contribution in [0.5, 0.6) is 0 Å². The number of carbonyl (C=O) groups excluding carboxylic acids is 2. The fourth-order valence-electron chi connectivity index (χ4n) is 1.21. The first-order valence-corrected chi connectivity index (χ1v) is 7.42. The third-order valence-electron chi connectivity index (χ3n) is 2.15. The molecule has 0 radical (unpaired) electrons. The maximum absolute atomic E-state index is 10.7. The first-order chi connectivity index (χ1) is 10.6. The minimum Gasteiger partial charge on any atom is -0.545 e. The summed E-state index contributed by atoms with van der Waals surface area (Å²) in [6.07, 6.45) is 0. The Hall–Kier alpha value is -0.0500. The van der Waals surface area contributed by atoms with Crippen molar-refractivity contribution in [2.45, 2.75) is 4.90 Å². The minimum atomic E-state index is -4.70. The summed E-state index contributed by atoms with van der Waals surface area (Å²) in [5.41, 5.74) is -1.37. The monoisotopic (exact) mass is 396 g/mol. The van der Waals surface area contributed by atoms with Gasteiger partial charge in [-0.15, -0.1) is 0 Å². The molecule has 13 heteroatoms. The van der Waals surface area contributed by atoms with Crippen molar-refractivity contribution in [1.29, 1.82) is 0 Å². The summed E-state index contributed by atoms with van der Waals surface area (Å²) >= 11 is 0. The molecule has 0 aliphatic carbocycles. The molecule has 1 rings (SSSR count). The molecule has 0 aromatic heterocycles. The Morgan fingerprint density at radius 2 is 1.28 bits per heavy atom. The summed E-state index contributed by atoms with van der Waals surface area (Å²) in [7, 11) is -4.70. The number of benzene rings is 1. The Balaban J connectivity index is -0.000000464. The third-order valence-corrected chi connectivity index (χ3v) is 2.98. The molecule has 0 bridgehead atoms. The molecule has 0 aliphatic heterocycles. The predicted molar refractivity (Wildman–Crippen MR) is 69.9 cm³/mol. The standard InChI is InChI=1S/C8H6O7S.C4H10O3.2Na/c9-7(10)4-1-5(8(11)12)3-6(2-4)16(13,14)15;5-1-3-7-4-2-6;;/h1-3H,(H,9,10)(H,11,12)(H,13,14,15);5-6H,1-4H2;;/q;;2*+1/p-2. The van der Waals surface area contributed by atoms with Crippen LogP contribution in [0.1, 0.15) is 20.7 Å². The Morgan fingerprint density at radius 3 is 1.52 bits per heavy atom. The average molecular weight is 396 g/mol. The van der Waals surface area contributed by atoms with Crippen molar-refractivity contribution >= 4 is 22.1 Å². The SMILES string of the molecule is O=C([O-])c1cc(C(=O)[O-])cc(S(=O)(=O)O)c1.OCCOCCO.[Na+].[Na+]. The number of aromatic carboxylic acids is 2. The van der Waals surface area contributed by atoms with E-state index in [1.54, 1.807) is 0 Å². The molecule has 1 aromatic rings. The number of rotatable bonds is 7. The molecule has 0 spiro atoms. The zero-order chi connectivity index (χ0) is 18.0. The van der Waals surface area contributed by atoms with Gasteiger partial charge in [-0.05, 0) is 29.3 Å². The van der Waals surface area contributed by atoms with Gasteiger partial charge in [0.05, 0.1) is 43.3 Å². The number of hydrogen-bond acceptors (Lipinski definition) is 9. The Morgan fingerprint density at radius 1 is 0.920 bits per heavy atom. The summed E-state index contributed by atoms with van der Waals surface area (Å²) in [6.45, 7) is 0.696.